The fraction of sp³-hybridized carbons (Fsp3) is 0.179. The molecule has 0 spiro atoms. The van der Waals surface area contributed by atoms with Crippen LogP contribution in [0.1, 0.15) is 27.2 Å². The molecule has 0 aromatic carbocycles. The van der Waals surface area contributed by atoms with Gasteiger partial charge in [-0.2, -0.15) is 5.10 Å². The van der Waals surface area contributed by atoms with Gasteiger partial charge in [0.05, 0.1) is 34.8 Å². The molecule has 6 aromatic heterocycles. The number of anilines is 1. The number of aromatic nitrogens is 8. The Morgan fingerprint density at radius 3 is 2.55 bits per heavy atom. The lowest BCUT2D eigenvalue weighted by Crippen LogP contribution is -2.19. The Hall–Kier alpha value is -4.99. The van der Waals surface area contributed by atoms with E-state index in [4.69, 9.17) is 9.97 Å². The molecule has 0 bridgehead atoms. The molecule has 6 aromatic rings. The zero-order chi connectivity index (χ0) is 26.3. The third-order valence-corrected chi connectivity index (χ3v) is 6.01. The monoisotopic (exact) mass is 503 g/mol. The van der Waals surface area contributed by atoms with Crippen molar-refractivity contribution in [2.75, 3.05) is 5.32 Å². The smallest absolute Gasteiger partial charge is 0.224 e. The average Bonchev–Trinajstić information content (AvgIpc) is 3.51. The highest BCUT2D eigenvalue weighted by atomic mass is 16.1. The first-order valence-electron chi connectivity index (χ1n) is 12.2. The summed E-state index contributed by atoms with van der Waals surface area (Å²) in [6.07, 6.45) is 10.8. The highest BCUT2D eigenvalue weighted by molar-refractivity contribution is 5.96. The van der Waals surface area contributed by atoms with Gasteiger partial charge in [-0.3, -0.25) is 24.8 Å². The summed E-state index contributed by atoms with van der Waals surface area (Å²) in [4.78, 5) is 38.4. The van der Waals surface area contributed by atoms with Crippen molar-refractivity contribution in [2.24, 2.45) is 5.41 Å². The number of carbonyl (C=O) groups excluding carboxylic acids is 1. The van der Waals surface area contributed by atoms with E-state index >= 15 is 0 Å². The van der Waals surface area contributed by atoms with Crippen molar-refractivity contribution >= 4 is 33.7 Å². The van der Waals surface area contributed by atoms with Crippen LogP contribution in [0, 0.1) is 5.41 Å². The molecule has 0 aliphatic heterocycles. The Labute approximate surface area is 218 Å². The summed E-state index contributed by atoms with van der Waals surface area (Å²) >= 11 is 0. The SMILES string of the molecule is CC(C)(C)CC(=O)Nc1cncc(-c2ccc3[nH]nc(-c4nc5c(-c6cccnc6)cncc5[nH]4)c3n2)c1. The number of amides is 1. The largest absolute Gasteiger partial charge is 0.335 e. The Balaban J connectivity index is 1.36. The second-order valence-corrected chi connectivity index (χ2v) is 10.3. The van der Waals surface area contributed by atoms with Crippen LogP contribution < -0.4 is 5.32 Å². The number of H-pyrrole nitrogens is 2. The van der Waals surface area contributed by atoms with Crippen molar-refractivity contribution in [3.63, 3.8) is 0 Å². The van der Waals surface area contributed by atoms with Gasteiger partial charge in [-0.15, -0.1) is 0 Å². The molecular weight excluding hydrogens is 478 g/mol. The van der Waals surface area contributed by atoms with Gasteiger partial charge < -0.3 is 10.3 Å². The number of hydrogen-bond donors (Lipinski definition) is 3. The Morgan fingerprint density at radius 1 is 0.895 bits per heavy atom. The molecule has 38 heavy (non-hydrogen) atoms. The standard InChI is InChI=1S/C28H25N9O/c1-28(2,3)10-23(38)32-18-9-17(12-30-13-18)20-6-7-21-25(33-20)26(37-36-21)27-34-22-15-31-14-19(24(22)35-27)16-5-4-8-29-11-16/h4-9,11-15H,10H2,1-3H3,(H,32,38)(H,34,35)(H,36,37). The van der Waals surface area contributed by atoms with Crippen LogP contribution in [0.4, 0.5) is 5.69 Å². The predicted molar refractivity (Wildman–Crippen MR) is 146 cm³/mol. The van der Waals surface area contributed by atoms with Crippen LogP contribution in [-0.2, 0) is 4.79 Å². The van der Waals surface area contributed by atoms with E-state index in [9.17, 15) is 4.79 Å². The van der Waals surface area contributed by atoms with Crippen molar-refractivity contribution in [2.45, 2.75) is 27.2 Å². The molecule has 0 aliphatic rings. The van der Waals surface area contributed by atoms with Gasteiger partial charge in [0.1, 0.15) is 11.0 Å². The minimum absolute atomic E-state index is 0.0537. The van der Waals surface area contributed by atoms with Gasteiger partial charge in [0.25, 0.3) is 0 Å². The maximum atomic E-state index is 12.4. The summed E-state index contributed by atoms with van der Waals surface area (Å²) in [6, 6.07) is 9.54. The Kier molecular flexibility index (Phi) is 5.64. The van der Waals surface area contributed by atoms with Crippen LogP contribution in [0.5, 0.6) is 0 Å². The van der Waals surface area contributed by atoms with Crippen LogP contribution in [0.3, 0.4) is 0 Å². The van der Waals surface area contributed by atoms with E-state index in [1.54, 1.807) is 37.2 Å². The molecule has 10 nitrogen and oxygen atoms in total. The van der Waals surface area contributed by atoms with Crippen molar-refractivity contribution in [3.8, 4) is 33.9 Å². The number of hydrogen-bond acceptors (Lipinski definition) is 7. The quantitative estimate of drug-likeness (QED) is 0.286. The molecule has 0 unspecified atom stereocenters. The summed E-state index contributed by atoms with van der Waals surface area (Å²) in [5, 5.41) is 10.5. The van der Waals surface area contributed by atoms with Gasteiger partial charge in [-0.25, -0.2) is 9.97 Å². The van der Waals surface area contributed by atoms with E-state index in [2.05, 4.69) is 35.5 Å². The summed E-state index contributed by atoms with van der Waals surface area (Å²) in [6.45, 7) is 6.09. The number of carbonyl (C=O) groups is 1. The molecule has 0 atom stereocenters. The third kappa shape index (κ3) is 4.59. The average molecular weight is 504 g/mol. The van der Waals surface area contributed by atoms with Crippen molar-refractivity contribution in [1.29, 1.82) is 0 Å². The lowest BCUT2D eigenvalue weighted by Gasteiger charge is -2.17. The summed E-state index contributed by atoms with van der Waals surface area (Å²) in [5.74, 6) is 0.525. The molecule has 0 aliphatic carbocycles. The summed E-state index contributed by atoms with van der Waals surface area (Å²) in [5.41, 5.74) is 7.41. The first-order valence-corrected chi connectivity index (χ1v) is 12.2. The second-order valence-electron chi connectivity index (χ2n) is 10.3. The van der Waals surface area contributed by atoms with Gasteiger partial charge in [0.15, 0.2) is 11.5 Å². The molecule has 3 N–H and O–H groups in total. The second kappa shape index (κ2) is 9.15. The highest BCUT2D eigenvalue weighted by Gasteiger charge is 2.18. The number of nitrogens with one attached hydrogen (secondary N) is 3. The zero-order valence-corrected chi connectivity index (χ0v) is 21.1. The molecule has 6 rings (SSSR count). The number of pyridine rings is 4. The predicted octanol–water partition coefficient (Wildman–Crippen LogP) is 5.39. The number of imidazole rings is 1. The number of fused-ring (bicyclic) bond motifs is 2. The van der Waals surface area contributed by atoms with Crippen LogP contribution in [-0.4, -0.2) is 46.0 Å². The van der Waals surface area contributed by atoms with E-state index in [0.717, 1.165) is 33.2 Å². The first kappa shape index (κ1) is 23.4. The Bertz CT molecular complexity index is 1780. The molecule has 1 amide bonds. The molecule has 6 heterocycles. The van der Waals surface area contributed by atoms with Crippen LogP contribution in [0.25, 0.3) is 56.0 Å². The molecule has 0 fully saturated rings. The summed E-state index contributed by atoms with van der Waals surface area (Å²) in [7, 11) is 0. The lowest BCUT2D eigenvalue weighted by molar-refractivity contribution is -0.117. The molecule has 10 heteroatoms. The van der Waals surface area contributed by atoms with Crippen LogP contribution in [0.15, 0.2) is 67.5 Å². The molecule has 0 saturated heterocycles. The molecule has 0 radical (unpaired) electrons. The number of rotatable bonds is 5. The van der Waals surface area contributed by atoms with E-state index in [0.29, 0.717) is 34.8 Å². The van der Waals surface area contributed by atoms with Crippen molar-refractivity contribution < 1.29 is 4.79 Å². The van der Waals surface area contributed by atoms with E-state index in [-0.39, 0.29) is 11.3 Å². The topological polar surface area (TPSA) is 138 Å². The molecule has 0 saturated carbocycles. The Morgan fingerprint density at radius 2 is 1.74 bits per heavy atom. The van der Waals surface area contributed by atoms with Crippen LogP contribution >= 0.6 is 0 Å². The molecular formula is C28H25N9O. The first-order chi connectivity index (χ1) is 18.3. The van der Waals surface area contributed by atoms with Crippen molar-refractivity contribution in [3.05, 3.63) is 67.5 Å². The van der Waals surface area contributed by atoms with Gasteiger partial charge in [0, 0.05) is 47.9 Å². The zero-order valence-electron chi connectivity index (χ0n) is 21.1. The minimum Gasteiger partial charge on any atom is -0.335 e. The number of aromatic amines is 2. The van der Waals surface area contributed by atoms with Gasteiger partial charge >= 0.3 is 0 Å². The highest BCUT2D eigenvalue weighted by Crippen LogP contribution is 2.31. The van der Waals surface area contributed by atoms with E-state index in [1.165, 1.54) is 0 Å². The fourth-order valence-electron chi connectivity index (χ4n) is 4.34. The lowest BCUT2D eigenvalue weighted by atomic mass is 9.92. The van der Waals surface area contributed by atoms with Gasteiger partial charge in [-0.1, -0.05) is 26.8 Å². The summed E-state index contributed by atoms with van der Waals surface area (Å²) < 4.78 is 0. The minimum atomic E-state index is -0.106. The van der Waals surface area contributed by atoms with E-state index < -0.39 is 0 Å². The number of nitrogens with zero attached hydrogens (tertiary/aromatic N) is 6. The maximum absolute atomic E-state index is 12.4. The normalized spacial score (nSPS) is 11.8. The van der Waals surface area contributed by atoms with Crippen molar-refractivity contribution in [1.82, 2.24) is 40.1 Å². The van der Waals surface area contributed by atoms with E-state index in [1.807, 2.05) is 51.1 Å². The molecule has 188 valence electrons. The van der Waals surface area contributed by atoms with Crippen LogP contribution in [0.2, 0.25) is 0 Å². The van der Waals surface area contributed by atoms with Gasteiger partial charge in [0.2, 0.25) is 5.91 Å². The third-order valence-electron chi connectivity index (χ3n) is 6.01. The maximum Gasteiger partial charge on any atom is 0.224 e. The van der Waals surface area contributed by atoms with Gasteiger partial charge in [-0.05, 0) is 29.7 Å². The fourth-order valence-corrected chi connectivity index (χ4v) is 4.34.